The first kappa shape index (κ1) is 13.5. The molecule has 0 unspecified atom stereocenters. The maximum atomic E-state index is 10.5. The van der Waals surface area contributed by atoms with Gasteiger partial charge in [0.1, 0.15) is 5.60 Å². The van der Waals surface area contributed by atoms with Gasteiger partial charge in [0.2, 0.25) is 0 Å². The lowest BCUT2D eigenvalue weighted by Crippen LogP contribution is -2.30. The summed E-state index contributed by atoms with van der Waals surface area (Å²) < 4.78 is 0. The summed E-state index contributed by atoms with van der Waals surface area (Å²) in [5.41, 5.74) is 0.671. The van der Waals surface area contributed by atoms with E-state index in [1.165, 1.54) is 23.5 Å². The number of nitrogens with zero attached hydrogens (tertiary/aromatic N) is 1. The molecule has 0 bridgehead atoms. The fourth-order valence-electron chi connectivity index (χ4n) is 1.65. The molecule has 1 aromatic carbocycles. The van der Waals surface area contributed by atoms with E-state index < -0.39 is 10.5 Å². The monoisotopic (exact) mass is 278 g/mol. The van der Waals surface area contributed by atoms with E-state index in [4.69, 9.17) is 0 Å². The van der Waals surface area contributed by atoms with E-state index in [-0.39, 0.29) is 5.69 Å². The van der Waals surface area contributed by atoms with Gasteiger partial charge in [-0.25, -0.2) is 0 Å². The quantitative estimate of drug-likeness (QED) is 0.651. The van der Waals surface area contributed by atoms with Crippen molar-refractivity contribution in [1.29, 1.82) is 0 Å². The smallest absolute Gasteiger partial charge is 0.269 e. The summed E-state index contributed by atoms with van der Waals surface area (Å²) in [5, 5.41) is 27.7. The molecular formula is C13H14N2O3S. The highest BCUT2D eigenvalue weighted by molar-refractivity contribution is 7.08. The van der Waals surface area contributed by atoms with Crippen molar-refractivity contribution in [2.24, 2.45) is 0 Å². The molecule has 0 amide bonds. The molecule has 0 aliphatic rings. The zero-order chi connectivity index (χ0) is 13.9. The zero-order valence-corrected chi connectivity index (χ0v) is 11.2. The topological polar surface area (TPSA) is 75.4 Å². The van der Waals surface area contributed by atoms with Crippen molar-refractivity contribution in [2.75, 3.05) is 11.9 Å². The molecule has 0 fully saturated rings. The lowest BCUT2D eigenvalue weighted by molar-refractivity contribution is -0.384. The maximum Gasteiger partial charge on any atom is 0.269 e. The Balaban J connectivity index is 2.00. The first-order valence-corrected chi connectivity index (χ1v) is 6.67. The van der Waals surface area contributed by atoms with Crippen molar-refractivity contribution in [3.8, 4) is 0 Å². The second-order valence-corrected chi connectivity index (χ2v) is 5.22. The minimum atomic E-state index is -0.970. The maximum absolute atomic E-state index is 10.5. The van der Waals surface area contributed by atoms with Crippen LogP contribution in [0.15, 0.2) is 41.1 Å². The van der Waals surface area contributed by atoms with Gasteiger partial charge in [-0.1, -0.05) is 0 Å². The van der Waals surface area contributed by atoms with E-state index in [2.05, 4.69) is 5.32 Å². The van der Waals surface area contributed by atoms with E-state index in [0.29, 0.717) is 6.54 Å². The molecule has 6 heteroatoms. The van der Waals surface area contributed by atoms with Gasteiger partial charge in [-0.15, -0.1) is 0 Å². The Bertz CT molecular complexity index is 550. The Hall–Kier alpha value is -1.92. The molecule has 5 nitrogen and oxygen atoms in total. The number of nitro groups is 1. The molecule has 1 aromatic heterocycles. The Labute approximate surface area is 114 Å². The molecule has 1 heterocycles. The predicted molar refractivity (Wildman–Crippen MR) is 75.5 cm³/mol. The lowest BCUT2D eigenvalue weighted by atomic mass is 9.99. The van der Waals surface area contributed by atoms with Gasteiger partial charge in [-0.3, -0.25) is 10.1 Å². The van der Waals surface area contributed by atoms with E-state index in [1.807, 2.05) is 16.8 Å². The van der Waals surface area contributed by atoms with Crippen molar-refractivity contribution < 1.29 is 10.0 Å². The zero-order valence-electron chi connectivity index (χ0n) is 10.4. The average molecular weight is 278 g/mol. The van der Waals surface area contributed by atoms with Crippen LogP contribution in [0.3, 0.4) is 0 Å². The van der Waals surface area contributed by atoms with Crippen molar-refractivity contribution in [3.63, 3.8) is 0 Å². The number of nitro benzene ring substituents is 1. The van der Waals surface area contributed by atoms with Crippen molar-refractivity contribution >= 4 is 22.7 Å². The van der Waals surface area contributed by atoms with Crippen LogP contribution in [0.5, 0.6) is 0 Å². The fraction of sp³-hybridized carbons (Fsp3) is 0.231. The van der Waals surface area contributed by atoms with E-state index in [0.717, 1.165) is 11.3 Å². The third-order valence-corrected chi connectivity index (χ3v) is 3.54. The van der Waals surface area contributed by atoms with Crippen LogP contribution >= 0.6 is 11.3 Å². The van der Waals surface area contributed by atoms with E-state index in [9.17, 15) is 15.2 Å². The number of non-ortho nitro benzene ring substituents is 1. The molecular weight excluding hydrogens is 264 g/mol. The van der Waals surface area contributed by atoms with Crippen LogP contribution in [0.4, 0.5) is 11.4 Å². The van der Waals surface area contributed by atoms with Gasteiger partial charge < -0.3 is 10.4 Å². The number of rotatable bonds is 5. The van der Waals surface area contributed by atoms with Crippen LogP contribution in [0, 0.1) is 10.1 Å². The largest absolute Gasteiger partial charge is 0.384 e. The number of hydrogen-bond acceptors (Lipinski definition) is 5. The number of nitrogens with one attached hydrogen (secondary N) is 1. The molecule has 0 spiro atoms. The molecule has 0 radical (unpaired) electrons. The highest BCUT2D eigenvalue weighted by Gasteiger charge is 2.23. The van der Waals surface area contributed by atoms with Crippen LogP contribution < -0.4 is 5.32 Å². The SMILES string of the molecule is C[C@@](O)(CNc1ccc([N+](=O)[O-])cc1)c1ccsc1. The van der Waals surface area contributed by atoms with Gasteiger partial charge in [0, 0.05) is 24.4 Å². The van der Waals surface area contributed by atoms with E-state index >= 15 is 0 Å². The number of benzene rings is 1. The van der Waals surface area contributed by atoms with Crippen LogP contribution in [0.1, 0.15) is 12.5 Å². The predicted octanol–water partition coefficient (Wildman–Crippen LogP) is 2.98. The number of hydrogen-bond donors (Lipinski definition) is 2. The molecule has 0 saturated heterocycles. The van der Waals surface area contributed by atoms with Gasteiger partial charge >= 0.3 is 0 Å². The van der Waals surface area contributed by atoms with Crippen LogP contribution in [-0.4, -0.2) is 16.6 Å². The van der Waals surface area contributed by atoms with Crippen LogP contribution in [-0.2, 0) is 5.60 Å². The summed E-state index contributed by atoms with van der Waals surface area (Å²) in [6.45, 7) is 2.06. The molecule has 1 atom stereocenters. The summed E-state index contributed by atoms with van der Waals surface area (Å²) in [7, 11) is 0. The lowest BCUT2D eigenvalue weighted by Gasteiger charge is -2.23. The van der Waals surface area contributed by atoms with Crippen molar-refractivity contribution in [3.05, 3.63) is 56.8 Å². The number of thiophene rings is 1. The molecule has 0 aliphatic heterocycles. The first-order valence-electron chi connectivity index (χ1n) is 5.72. The normalized spacial score (nSPS) is 13.8. The molecule has 19 heavy (non-hydrogen) atoms. The minimum absolute atomic E-state index is 0.0511. The van der Waals surface area contributed by atoms with Crippen LogP contribution in [0.2, 0.25) is 0 Å². The summed E-state index contributed by atoms with van der Waals surface area (Å²) in [6.07, 6.45) is 0. The summed E-state index contributed by atoms with van der Waals surface area (Å²) in [6, 6.07) is 8.00. The Kier molecular flexibility index (Phi) is 3.82. The fourth-order valence-corrected chi connectivity index (χ4v) is 2.43. The molecule has 0 aliphatic carbocycles. The van der Waals surface area contributed by atoms with E-state index in [1.54, 1.807) is 19.1 Å². The molecule has 2 rings (SSSR count). The summed E-state index contributed by atoms with van der Waals surface area (Å²) >= 11 is 1.53. The van der Waals surface area contributed by atoms with Gasteiger partial charge in [0.25, 0.3) is 5.69 Å². The third kappa shape index (κ3) is 3.30. The van der Waals surface area contributed by atoms with Crippen molar-refractivity contribution in [1.82, 2.24) is 0 Å². The molecule has 0 saturated carbocycles. The standard InChI is InChI=1S/C13H14N2O3S/c1-13(16,10-6-7-19-8-10)9-14-11-2-4-12(5-3-11)15(17)18/h2-8,14,16H,9H2,1H3/t13-/m1/s1. The van der Waals surface area contributed by atoms with Gasteiger partial charge in [-0.05, 0) is 41.4 Å². The number of anilines is 1. The minimum Gasteiger partial charge on any atom is -0.384 e. The van der Waals surface area contributed by atoms with Crippen LogP contribution in [0.25, 0.3) is 0 Å². The van der Waals surface area contributed by atoms with Gasteiger partial charge in [0.15, 0.2) is 0 Å². The highest BCUT2D eigenvalue weighted by Crippen LogP contribution is 2.24. The average Bonchev–Trinajstić information content (AvgIpc) is 2.91. The Morgan fingerprint density at radius 1 is 1.37 bits per heavy atom. The Morgan fingerprint density at radius 3 is 2.58 bits per heavy atom. The summed E-state index contributed by atoms with van der Waals surface area (Å²) in [5.74, 6) is 0. The van der Waals surface area contributed by atoms with Gasteiger partial charge in [-0.2, -0.15) is 11.3 Å². The molecule has 100 valence electrons. The second kappa shape index (κ2) is 5.38. The van der Waals surface area contributed by atoms with Crippen molar-refractivity contribution in [2.45, 2.75) is 12.5 Å². The number of aliphatic hydroxyl groups is 1. The third-order valence-electron chi connectivity index (χ3n) is 2.86. The molecule has 2 aromatic rings. The highest BCUT2D eigenvalue weighted by atomic mass is 32.1. The molecule has 2 N–H and O–H groups in total. The van der Waals surface area contributed by atoms with Gasteiger partial charge in [0.05, 0.1) is 4.92 Å². The second-order valence-electron chi connectivity index (χ2n) is 4.44. The Morgan fingerprint density at radius 2 is 2.05 bits per heavy atom. The summed E-state index contributed by atoms with van der Waals surface area (Å²) in [4.78, 5) is 10.1. The first-order chi connectivity index (χ1) is 8.99.